The zero-order chi connectivity index (χ0) is 12.3. The summed E-state index contributed by atoms with van der Waals surface area (Å²) in [4.78, 5) is 0. The van der Waals surface area contributed by atoms with Gasteiger partial charge in [-0.2, -0.15) is 0 Å². The van der Waals surface area contributed by atoms with E-state index in [0.717, 1.165) is 27.3 Å². The van der Waals surface area contributed by atoms with E-state index >= 15 is 0 Å². The molecule has 3 heteroatoms. The first-order valence-corrected chi connectivity index (χ1v) is 6.57. The van der Waals surface area contributed by atoms with Crippen LogP contribution in [0.1, 0.15) is 11.1 Å². The lowest BCUT2D eigenvalue weighted by molar-refractivity contribution is 1.14. The highest BCUT2D eigenvalue weighted by atomic mass is 79.9. The van der Waals surface area contributed by atoms with Gasteiger partial charge in [0.2, 0.25) is 0 Å². The number of hydrogen-bond donors (Lipinski definition) is 1. The molecule has 0 radical (unpaired) electrons. The van der Waals surface area contributed by atoms with E-state index in [-0.39, 0.29) is 0 Å². The molecule has 0 bridgehead atoms. The zero-order valence-corrected chi connectivity index (χ0v) is 11.8. The van der Waals surface area contributed by atoms with Gasteiger partial charge in [0.1, 0.15) is 0 Å². The zero-order valence-electron chi connectivity index (χ0n) is 9.50. The molecule has 0 spiro atoms. The third kappa shape index (κ3) is 3.48. The number of benzene rings is 2. The molecule has 0 atom stereocenters. The lowest BCUT2D eigenvalue weighted by Crippen LogP contribution is -2.00. The molecule has 0 aliphatic rings. The highest BCUT2D eigenvalue weighted by Gasteiger charge is 2.01. The standard InChI is InChI=1S/C14H13BrClN/c1-10-3-2-4-13(7-10)17-9-11-8-12(15)5-6-14(11)16/h2-8,17H,9H2,1H3. The molecule has 0 aromatic heterocycles. The lowest BCUT2D eigenvalue weighted by Gasteiger charge is -2.09. The first-order valence-electron chi connectivity index (χ1n) is 5.39. The lowest BCUT2D eigenvalue weighted by atomic mass is 10.2. The summed E-state index contributed by atoms with van der Waals surface area (Å²) < 4.78 is 1.04. The van der Waals surface area contributed by atoms with Crippen LogP contribution in [-0.4, -0.2) is 0 Å². The molecular weight excluding hydrogens is 298 g/mol. The minimum absolute atomic E-state index is 0.724. The Morgan fingerprint density at radius 3 is 2.76 bits per heavy atom. The average Bonchev–Trinajstić information content (AvgIpc) is 2.30. The summed E-state index contributed by atoms with van der Waals surface area (Å²) in [7, 11) is 0. The number of nitrogens with one attached hydrogen (secondary N) is 1. The summed E-state index contributed by atoms with van der Waals surface area (Å²) in [5.74, 6) is 0. The van der Waals surface area contributed by atoms with E-state index in [4.69, 9.17) is 11.6 Å². The van der Waals surface area contributed by atoms with Crippen molar-refractivity contribution in [1.82, 2.24) is 0 Å². The maximum absolute atomic E-state index is 6.13. The summed E-state index contributed by atoms with van der Waals surface area (Å²) in [6, 6.07) is 14.2. The van der Waals surface area contributed by atoms with Gasteiger partial charge < -0.3 is 5.32 Å². The molecule has 0 saturated carbocycles. The van der Waals surface area contributed by atoms with Crippen LogP contribution in [0.25, 0.3) is 0 Å². The van der Waals surface area contributed by atoms with Crippen LogP contribution in [0.5, 0.6) is 0 Å². The molecule has 0 fully saturated rings. The summed E-state index contributed by atoms with van der Waals surface area (Å²) in [5.41, 5.74) is 3.44. The Hall–Kier alpha value is -0.990. The van der Waals surface area contributed by atoms with Crippen molar-refractivity contribution in [1.29, 1.82) is 0 Å². The van der Waals surface area contributed by atoms with Gasteiger partial charge in [-0.15, -0.1) is 0 Å². The average molecular weight is 311 g/mol. The van der Waals surface area contributed by atoms with Crippen LogP contribution < -0.4 is 5.32 Å². The molecular formula is C14H13BrClN. The van der Waals surface area contributed by atoms with E-state index in [1.54, 1.807) is 0 Å². The van der Waals surface area contributed by atoms with Crippen LogP contribution in [-0.2, 0) is 6.54 Å². The van der Waals surface area contributed by atoms with E-state index < -0.39 is 0 Å². The van der Waals surface area contributed by atoms with Crippen molar-refractivity contribution in [3.8, 4) is 0 Å². The third-order valence-electron chi connectivity index (χ3n) is 2.51. The Morgan fingerprint density at radius 2 is 2.00 bits per heavy atom. The fourth-order valence-electron chi connectivity index (χ4n) is 1.63. The van der Waals surface area contributed by atoms with Gasteiger partial charge in [-0.05, 0) is 48.4 Å². The van der Waals surface area contributed by atoms with E-state index in [1.165, 1.54) is 5.56 Å². The first-order chi connectivity index (χ1) is 8.15. The molecule has 1 N–H and O–H groups in total. The second kappa shape index (κ2) is 5.56. The molecule has 0 aliphatic carbocycles. The van der Waals surface area contributed by atoms with Crippen molar-refractivity contribution >= 4 is 33.2 Å². The minimum atomic E-state index is 0.724. The van der Waals surface area contributed by atoms with E-state index in [0.29, 0.717) is 0 Å². The van der Waals surface area contributed by atoms with Crippen LogP contribution in [0.15, 0.2) is 46.9 Å². The number of anilines is 1. The molecule has 2 aromatic rings. The molecule has 0 heterocycles. The van der Waals surface area contributed by atoms with Crippen molar-refractivity contribution in [2.24, 2.45) is 0 Å². The van der Waals surface area contributed by atoms with Crippen LogP contribution in [0.3, 0.4) is 0 Å². The van der Waals surface area contributed by atoms with E-state index in [2.05, 4.69) is 46.4 Å². The Balaban J connectivity index is 2.09. The Kier molecular flexibility index (Phi) is 4.08. The largest absolute Gasteiger partial charge is 0.381 e. The van der Waals surface area contributed by atoms with Crippen molar-refractivity contribution < 1.29 is 0 Å². The molecule has 0 amide bonds. The van der Waals surface area contributed by atoms with Crippen molar-refractivity contribution in [3.05, 3.63) is 63.1 Å². The summed E-state index contributed by atoms with van der Waals surface area (Å²) in [5, 5.41) is 4.15. The quantitative estimate of drug-likeness (QED) is 0.839. The fourth-order valence-corrected chi connectivity index (χ4v) is 2.22. The van der Waals surface area contributed by atoms with Gasteiger partial charge in [0.25, 0.3) is 0 Å². The smallest absolute Gasteiger partial charge is 0.0456 e. The molecule has 2 aromatic carbocycles. The number of rotatable bonds is 3. The topological polar surface area (TPSA) is 12.0 Å². The molecule has 88 valence electrons. The predicted octanol–water partition coefficient (Wildman–Crippen LogP) is 5.02. The van der Waals surface area contributed by atoms with E-state index in [1.807, 2.05) is 24.3 Å². The van der Waals surface area contributed by atoms with Crippen LogP contribution in [0, 0.1) is 6.92 Å². The third-order valence-corrected chi connectivity index (χ3v) is 3.37. The molecule has 1 nitrogen and oxygen atoms in total. The molecule has 17 heavy (non-hydrogen) atoms. The van der Waals surface area contributed by atoms with Gasteiger partial charge in [0.15, 0.2) is 0 Å². The normalized spacial score (nSPS) is 10.3. The second-order valence-electron chi connectivity index (χ2n) is 3.96. The van der Waals surface area contributed by atoms with E-state index in [9.17, 15) is 0 Å². The Bertz CT molecular complexity index is 525. The molecule has 0 unspecified atom stereocenters. The summed E-state index contributed by atoms with van der Waals surface area (Å²) >= 11 is 9.58. The van der Waals surface area contributed by atoms with Gasteiger partial charge in [-0.1, -0.05) is 39.7 Å². The Labute approximate surface area is 115 Å². The van der Waals surface area contributed by atoms with Crippen molar-refractivity contribution in [3.63, 3.8) is 0 Å². The fraction of sp³-hybridized carbons (Fsp3) is 0.143. The highest BCUT2D eigenvalue weighted by Crippen LogP contribution is 2.22. The number of halogens is 2. The van der Waals surface area contributed by atoms with Crippen LogP contribution in [0.2, 0.25) is 5.02 Å². The van der Waals surface area contributed by atoms with Gasteiger partial charge >= 0.3 is 0 Å². The highest BCUT2D eigenvalue weighted by molar-refractivity contribution is 9.10. The summed E-state index contributed by atoms with van der Waals surface area (Å²) in [6.07, 6.45) is 0. The van der Waals surface area contributed by atoms with Gasteiger partial charge in [-0.25, -0.2) is 0 Å². The van der Waals surface area contributed by atoms with Crippen molar-refractivity contribution in [2.75, 3.05) is 5.32 Å². The minimum Gasteiger partial charge on any atom is -0.381 e. The van der Waals surface area contributed by atoms with Gasteiger partial charge in [-0.3, -0.25) is 0 Å². The Morgan fingerprint density at radius 1 is 1.18 bits per heavy atom. The molecule has 2 rings (SSSR count). The van der Waals surface area contributed by atoms with Gasteiger partial charge in [0, 0.05) is 21.7 Å². The van der Waals surface area contributed by atoms with Crippen molar-refractivity contribution in [2.45, 2.75) is 13.5 Å². The SMILES string of the molecule is Cc1cccc(NCc2cc(Br)ccc2Cl)c1. The predicted molar refractivity (Wildman–Crippen MR) is 77.7 cm³/mol. The first kappa shape index (κ1) is 12.5. The second-order valence-corrected chi connectivity index (χ2v) is 5.28. The number of hydrogen-bond acceptors (Lipinski definition) is 1. The number of aryl methyl sites for hydroxylation is 1. The monoisotopic (exact) mass is 309 g/mol. The van der Waals surface area contributed by atoms with Crippen LogP contribution >= 0.6 is 27.5 Å². The van der Waals surface area contributed by atoms with Gasteiger partial charge in [0.05, 0.1) is 0 Å². The maximum atomic E-state index is 6.13. The molecule has 0 saturated heterocycles. The van der Waals surface area contributed by atoms with Crippen LogP contribution in [0.4, 0.5) is 5.69 Å². The molecule has 0 aliphatic heterocycles. The summed E-state index contributed by atoms with van der Waals surface area (Å²) in [6.45, 7) is 2.80. The maximum Gasteiger partial charge on any atom is 0.0456 e.